The third kappa shape index (κ3) is 10.1. The Kier molecular flexibility index (Phi) is 13.4. The van der Waals surface area contributed by atoms with Crippen LogP contribution in [0.4, 0.5) is 4.79 Å². The highest BCUT2D eigenvalue weighted by Gasteiger charge is 2.24. The number of carbonyl (C=O) groups is 3. The monoisotopic (exact) mass is 316 g/mol. The first kappa shape index (κ1) is 22.6. The van der Waals surface area contributed by atoms with Crippen molar-refractivity contribution in [3.05, 3.63) is 0 Å². The van der Waals surface area contributed by atoms with Crippen LogP contribution >= 0.6 is 0 Å². The summed E-state index contributed by atoms with van der Waals surface area (Å²) in [6, 6.07) is -1.46. The molecule has 130 valence electrons. The molecule has 0 fully saturated rings. The molecule has 3 amide bonds. The van der Waals surface area contributed by atoms with Crippen molar-refractivity contribution in [1.29, 1.82) is 0 Å². The van der Waals surface area contributed by atoms with Crippen LogP contribution in [0, 0.1) is 5.92 Å². The summed E-state index contributed by atoms with van der Waals surface area (Å²) < 4.78 is 0. The van der Waals surface area contributed by atoms with Gasteiger partial charge in [-0.15, -0.1) is 0 Å². The van der Waals surface area contributed by atoms with Gasteiger partial charge in [0.15, 0.2) is 5.78 Å². The van der Waals surface area contributed by atoms with Crippen LogP contribution in [-0.4, -0.2) is 43.4 Å². The number of primary amides is 1. The van der Waals surface area contributed by atoms with Gasteiger partial charge in [0.2, 0.25) is 5.91 Å². The van der Waals surface area contributed by atoms with Crippen LogP contribution in [0.5, 0.6) is 0 Å². The Morgan fingerprint density at radius 2 is 1.68 bits per heavy atom. The van der Waals surface area contributed by atoms with E-state index in [1.54, 1.807) is 7.05 Å². The van der Waals surface area contributed by atoms with E-state index in [2.05, 4.69) is 16.0 Å². The zero-order valence-electron chi connectivity index (χ0n) is 14.7. The van der Waals surface area contributed by atoms with Crippen molar-refractivity contribution in [3.63, 3.8) is 0 Å². The fraction of sp³-hybridized carbons (Fsp3) is 0.800. The van der Waals surface area contributed by atoms with E-state index in [0.29, 0.717) is 19.4 Å². The summed E-state index contributed by atoms with van der Waals surface area (Å²) in [5.74, 6) is -0.161. The molecule has 0 saturated heterocycles. The molecule has 0 aliphatic carbocycles. The Morgan fingerprint density at radius 1 is 1.14 bits per heavy atom. The topological polar surface area (TPSA) is 113 Å². The van der Waals surface area contributed by atoms with Gasteiger partial charge >= 0.3 is 6.03 Å². The first-order valence-electron chi connectivity index (χ1n) is 7.81. The quantitative estimate of drug-likeness (QED) is 0.471. The first-order chi connectivity index (χ1) is 10.3. The van der Waals surface area contributed by atoms with Crippen molar-refractivity contribution in [3.8, 4) is 0 Å². The average molecular weight is 316 g/mol. The van der Waals surface area contributed by atoms with Crippen LogP contribution in [0.1, 0.15) is 47.5 Å². The van der Waals surface area contributed by atoms with Crippen molar-refractivity contribution >= 4 is 17.7 Å². The molecule has 0 aromatic rings. The van der Waals surface area contributed by atoms with E-state index >= 15 is 0 Å². The van der Waals surface area contributed by atoms with E-state index < -0.39 is 12.1 Å². The Hall–Kier alpha value is -1.63. The number of hydrogen-bond donors (Lipinski definition) is 4. The van der Waals surface area contributed by atoms with Crippen molar-refractivity contribution in [2.75, 3.05) is 13.6 Å². The lowest BCUT2D eigenvalue weighted by atomic mass is 10.0. The van der Waals surface area contributed by atoms with E-state index in [4.69, 9.17) is 5.73 Å². The average Bonchev–Trinajstić information content (AvgIpc) is 2.44. The molecule has 7 nitrogen and oxygen atoms in total. The van der Waals surface area contributed by atoms with Gasteiger partial charge in [-0.1, -0.05) is 27.7 Å². The Bertz CT molecular complexity index is 346. The smallest absolute Gasteiger partial charge is 0.312 e. The van der Waals surface area contributed by atoms with E-state index in [1.165, 1.54) is 6.92 Å². The largest absolute Gasteiger partial charge is 0.352 e. The second-order valence-corrected chi connectivity index (χ2v) is 5.12. The van der Waals surface area contributed by atoms with Gasteiger partial charge in [-0.25, -0.2) is 4.79 Å². The van der Waals surface area contributed by atoms with Gasteiger partial charge in [-0.2, -0.15) is 0 Å². The molecule has 7 heteroatoms. The normalized spacial score (nSPS) is 12.7. The number of carbonyl (C=O) groups excluding carboxylic acids is 3. The molecule has 0 spiro atoms. The maximum atomic E-state index is 12.1. The highest BCUT2D eigenvalue weighted by atomic mass is 16.2. The maximum Gasteiger partial charge on any atom is 0.312 e. The van der Waals surface area contributed by atoms with E-state index in [0.717, 1.165) is 0 Å². The molecule has 0 aromatic heterocycles. The van der Waals surface area contributed by atoms with Crippen molar-refractivity contribution < 1.29 is 14.4 Å². The number of amides is 3. The predicted octanol–water partition coefficient (Wildman–Crippen LogP) is 0.779. The Labute approximate surface area is 133 Å². The minimum Gasteiger partial charge on any atom is -0.352 e. The number of hydrogen-bond acceptors (Lipinski definition) is 4. The predicted molar refractivity (Wildman–Crippen MR) is 88.5 cm³/mol. The number of ketones is 1. The molecule has 5 N–H and O–H groups in total. The fourth-order valence-corrected chi connectivity index (χ4v) is 1.92. The number of nitrogens with two attached hydrogens (primary N) is 1. The molecule has 0 saturated carbocycles. The lowest BCUT2D eigenvalue weighted by Gasteiger charge is -2.23. The molecule has 2 atom stereocenters. The second kappa shape index (κ2) is 13.1. The summed E-state index contributed by atoms with van der Waals surface area (Å²) in [6.45, 7) is 9.69. The van der Waals surface area contributed by atoms with Crippen molar-refractivity contribution in [1.82, 2.24) is 16.0 Å². The molecular weight excluding hydrogens is 284 g/mol. The molecule has 22 heavy (non-hydrogen) atoms. The second-order valence-electron chi connectivity index (χ2n) is 5.12. The number of urea groups is 1. The molecular formula is C15H32N4O3. The number of nitrogens with one attached hydrogen (secondary N) is 3. The van der Waals surface area contributed by atoms with Crippen LogP contribution < -0.4 is 21.7 Å². The maximum absolute atomic E-state index is 12.1. The van der Waals surface area contributed by atoms with E-state index in [1.807, 2.05) is 27.7 Å². The summed E-state index contributed by atoms with van der Waals surface area (Å²) in [6.07, 6.45) is 1.04. The standard InChI is InChI=1S/C13H26N4O3.C2H6/c1-8(2)11(15-4)12(19)17-10(9(3)18)6-5-7-16-13(14)20;1-2/h8,10-11,15H,5-7H2,1-4H3,(H,17,19)(H3,14,16,20);1-2H3/t10-,11?;/m0./s1. The minimum atomic E-state index is -0.594. The van der Waals surface area contributed by atoms with Gasteiger partial charge < -0.3 is 21.7 Å². The number of likely N-dealkylation sites (N-methyl/N-ethyl adjacent to an activating group) is 1. The molecule has 0 aliphatic rings. The fourth-order valence-electron chi connectivity index (χ4n) is 1.92. The summed E-state index contributed by atoms with van der Waals surface area (Å²) in [7, 11) is 1.71. The zero-order valence-corrected chi connectivity index (χ0v) is 14.7. The lowest BCUT2D eigenvalue weighted by molar-refractivity contribution is -0.129. The molecule has 0 radical (unpaired) electrons. The third-order valence-corrected chi connectivity index (χ3v) is 3.04. The first-order valence-corrected chi connectivity index (χ1v) is 7.81. The van der Waals surface area contributed by atoms with E-state index in [9.17, 15) is 14.4 Å². The number of rotatable bonds is 9. The molecule has 0 aliphatic heterocycles. The van der Waals surface area contributed by atoms with Crippen LogP contribution in [-0.2, 0) is 9.59 Å². The van der Waals surface area contributed by atoms with Gasteiger partial charge in [0.1, 0.15) is 0 Å². The summed E-state index contributed by atoms with van der Waals surface area (Å²) in [5, 5.41) is 8.12. The van der Waals surface area contributed by atoms with E-state index in [-0.39, 0.29) is 23.7 Å². The van der Waals surface area contributed by atoms with Crippen molar-refractivity contribution in [2.45, 2.75) is 59.5 Å². The molecule has 0 heterocycles. The lowest BCUT2D eigenvalue weighted by Crippen LogP contribution is -2.51. The summed E-state index contributed by atoms with van der Waals surface area (Å²) >= 11 is 0. The van der Waals surface area contributed by atoms with Gasteiger partial charge in [0.25, 0.3) is 0 Å². The molecule has 0 bridgehead atoms. The van der Waals surface area contributed by atoms with Gasteiger partial charge in [-0.3, -0.25) is 9.59 Å². The van der Waals surface area contributed by atoms with Crippen LogP contribution in [0.2, 0.25) is 0 Å². The van der Waals surface area contributed by atoms with Crippen LogP contribution in [0.3, 0.4) is 0 Å². The number of Topliss-reactive ketones (excluding diaryl/α,β-unsaturated/α-hetero) is 1. The van der Waals surface area contributed by atoms with Gasteiger partial charge in [0.05, 0.1) is 12.1 Å². The molecule has 0 rings (SSSR count). The van der Waals surface area contributed by atoms with Crippen LogP contribution in [0.25, 0.3) is 0 Å². The van der Waals surface area contributed by atoms with Crippen LogP contribution in [0.15, 0.2) is 0 Å². The highest BCUT2D eigenvalue weighted by Crippen LogP contribution is 2.04. The highest BCUT2D eigenvalue weighted by molar-refractivity contribution is 5.89. The summed E-state index contributed by atoms with van der Waals surface area (Å²) in [4.78, 5) is 34.1. The van der Waals surface area contributed by atoms with Gasteiger partial charge in [0, 0.05) is 6.54 Å². The third-order valence-electron chi connectivity index (χ3n) is 3.04. The summed E-state index contributed by atoms with van der Waals surface area (Å²) in [5.41, 5.74) is 4.95. The Balaban J connectivity index is 0. The van der Waals surface area contributed by atoms with Crippen molar-refractivity contribution in [2.24, 2.45) is 11.7 Å². The SMILES string of the molecule is CC.CNC(C(=O)N[C@@H](CCCNC(N)=O)C(C)=O)C(C)C. The Morgan fingerprint density at radius 3 is 2.05 bits per heavy atom. The van der Waals surface area contributed by atoms with Gasteiger partial charge in [-0.05, 0) is 32.7 Å². The minimum absolute atomic E-state index is 0.101. The zero-order chi connectivity index (χ0) is 17.7. The molecule has 0 aromatic carbocycles. The molecule has 1 unspecified atom stereocenters.